The first kappa shape index (κ1) is 13.4. The van der Waals surface area contributed by atoms with Crippen LogP contribution in [0, 0.1) is 12.7 Å². The van der Waals surface area contributed by atoms with Gasteiger partial charge in [0.05, 0.1) is 5.69 Å². The molecule has 0 atom stereocenters. The van der Waals surface area contributed by atoms with Crippen molar-refractivity contribution in [1.29, 1.82) is 0 Å². The van der Waals surface area contributed by atoms with Crippen molar-refractivity contribution in [3.8, 4) is 0 Å². The van der Waals surface area contributed by atoms with Crippen molar-refractivity contribution in [2.24, 2.45) is 0 Å². The molecule has 2 N–H and O–H groups in total. The number of rotatable bonds is 2. The van der Waals surface area contributed by atoms with Crippen LogP contribution in [0.2, 0.25) is 5.02 Å². The van der Waals surface area contributed by atoms with Gasteiger partial charge in [-0.05, 0) is 42.8 Å². The third-order valence-electron chi connectivity index (χ3n) is 2.46. The summed E-state index contributed by atoms with van der Waals surface area (Å²) in [6.45, 7) is 1.78. The maximum absolute atomic E-state index is 13.6. The summed E-state index contributed by atoms with van der Waals surface area (Å²) in [5.41, 5.74) is 1.46. The van der Waals surface area contributed by atoms with Crippen LogP contribution < -0.4 is 10.6 Å². The van der Waals surface area contributed by atoms with E-state index in [-0.39, 0.29) is 5.69 Å². The van der Waals surface area contributed by atoms with E-state index in [1.54, 1.807) is 37.3 Å². The lowest BCUT2D eigenvalue weighted by atomic mass is 10.2. The Morgan fingerprint density at radius 1 is 1.16 bits per heavy atom. The molecule has 0 aliphatic carbocycles. The molecule has 2 aromatic carbocycles. The van der Waals surface area contributed by atoms with Crippen molar-refractivity contribution >= 4 is 29.0 Å². The van der Waals surface area contributed by atoms with Crippen molar-refractivity contribution in [3.63, 3.8) is 0 Å². The first-order valence-corrected chi connectivity index (χ1v) is 6.02. The number of amides is 2. The van der Waals surface area contributed by atoms with Crippen LogP contribution in [0.1, 0.15) is 5.56 Å². The van der Waals surface area contributed by atoms with Crippen molar-refractivity contribution in [2.45, 2.75) is 6.92 Å². The summed E-state index contributed by atoms with van der Waals surface area (Å²) in [6, 6.07) is 10.8. The third-order valence-corrected chi connectivity index (χ3v) is 2.69. The molecule has 0 aliphatic heterocycles. The van der Waals surface area contributed by atoms with Crippen LogP contribution in [0.5, 0.6) is 0 Å². The quantitative estimate of drug-likeness (QED) is 0.838. The van der Waals surface area contributed by atoms with Gasteiger partial charge in [-0.15, -0.1) is 0 Å². The first-order chi connectivity index (χ1) is 9.04. The van der Waals surface area contributed by atoms with Gasteiger partial charge < -0.3 is 10.6 Å². The van der Waals surface area contributed by atoms with Gasteiger partial charge in [-0.2, -0.15) is 0 Å². The second-order valence-corrected chi connectivity index (χ2v) is 4.51. The number of anilines is 2. The van der Waals surface area contributed by atoms with Crippen LogP contribution in [0.25, 0.3) is 0 Å². The first-order valence-electron chi connectivity index (χ1n) is 5.64. The standard InChI is InChI=1S/C14H12ClFN2O/c1-9-5-6-13(12(16)7-9)18-14(19)17-11-4-2-3-10(15)8-11/h2-8H,1H3,(H2,17,18,19). The lowest BCUT2D eigenvalue weighted by Crippen LogP contribution is -2.20. The molecule has 2 rings (SSSR count). The Kier molecular flexibility index (Phi) is 4.02. The molecule has 0 bridgehead atoms. The predicted molar refractivity (Wildman–Crippen MR) is 75.2 cm³/mol. The number of urea groups is 1. The maximum atomic E-state index is 13.6. The fourth-order valence-corrected chi connectivity index (χ4v) is 1.76. The number of halogens is 2. The van der Waals surface area contributed by atoms with Crippen molar-refractivity contribution in [2.75, 3.05) is 10.6 Å². The molecule has 0 aliphatic rings. The Hall–Kier alpha value is -2.07. The average Bonchev–Trinajstić information content (AvgIpc) is 2.33. The minimum atomic E-state index is -0.523. The van der Waals surface area contributed by atoms with E-state index < -0.39 is 11.8 Å². The van der Waals surface area contributed by atoms with Gasteiger partial charge in [-0.1, -0.05) is 23.7 Å². The fraction of sp³-hybridized carbons (Fsp3) is 0.0714. The van der Waals surface area contributed by atoms with E-state index in [0.717, 1.165) is 5.56 Å². The second kappa shape index (κ2) is 5.71. The molecule has 2 amide bonds. The highest BCUT2D eigenvalue weighted by atomic mass is 35.5. The van der Waals surface area contributed by atoms with Gasteiger partial charge in [0.1, 0.15) is 5.82 Å². The van der Waals surface area contributed by atoms with E-state index >= 15 is 0 Å². The van der Waals surface area contributed by atoms with Crippen molar-refractivity contribution in [3.05, 3.63) is 58.9 Å². The minimum absolute atomic E-state index is 0.130. The molecule has 19 heavy (non-hydrogen) atoms. The summed E-state index contributed by atoms with van der Waals surface area (Å²) in [4.78, 5) is 11.7. The highest BCUT2D eigenvalue weighted by Gasteiger charge is 2.07. The molecule has 0 unspecified atom stereocenters. The summed E-state index contributed by atoms with van der Waals surface area (Å²) in [5.74, 6) is -0.471. The van der Waals surface area contributed by atoms with Crippen LogP contribution in [0.15, 0.2) is 42.5 Å². The number of aryl methyl sites for hydroxylation is 1. The van der Waals surface area contributed by atoms with Crippen LogP contribution in [0.3, 0.4) is 0 Å². The molecule has 0 heterocycles. The molecule has 0 aromatic heterocycles. The Balaban J connectivity index is 2.05. The molecule has 0 fully saturated rings. The Bertz CT molecular complexity index is 616. The van der Waals surface area contributed by atoms with Gasteiger partial charge in [0, 0.05) is 10.7 Å². The molecule has 0 saturated heterocycles. The van der Waals surface area contributed by atoms with Crippen LogP contribution >= 0.6 is 11.6 Å². The molecule has 0 saturated carbocycles. The number of benzene rings is 2. The monoisotopic (exact) mass is 278 g/mol. The molecule has 2 aromatic rings. The van der Waals surface area contributed by atoms with Crippen LogP contribution in [-0.2, 0) is 0 Å². The molecule has 0 radical (unpaired) electrons. The van der Waals surface area contributed by atoms with E-state index in [9.17, 15) is 9.18 Å². The number of carbonyl (C=O) groups excluding carboxylic acids is 1. The van der Waals surface area contributed by atoms with Gasteiger partial charge in [0.15, 0.2) is 0 Å². The van der Waals surface area contributed by atoms with Gasteiger partial charge in [-0.3, -0.25) is 0 Å². The molecule has 0 spiro atoms. The van der Waals surface area contributed by atoms with Gasteiger partial charge in [0.2, 0.25) is 0 Å². The molecule has 3 nitrogen and oxygen atoms in total. The SMILES string of the molecule is Cc1ccc(NC(=O)Nc2cccc(Cl)c2)c(F)c1. The largest absolute Gasteiger partial charge is 0.323 e. The van der Waals surface area contributed by atoms with E-state index in [4.69, 9.17) is 11.6 Å². The highest BCUT2D eigenvalue weighted by Crippen LogP contribution is 2.17. The lowest BCUT2D eigenvalue weighted by Gasteiger charge is -2.09. The zero-order valence-electron chi connectivity index (χ0n) is 10.2. The number of hydrogen-bond donors (Lipinski definition) is 2. The normalized spacial score (nSPS) is 10.1. The van der Waals surface area contributed by atoms with Crippen LogP contribution in [0.4, 0.5) is 20.6 Å². The Morgan fingerprint density at radius 3 is 2.63 bits per heavy atom. The lowest BCUT2D eigenvalue weighted by molar-refractivity contribution is 0.262. The number of hydrogen-bond acceptors (Lipinski definition) is 1. The summed E-state index contributed by atoms with van der Waals surface area (Å²) in [6.07, 6.45) is 0. The smallest absolute Gasteiger partial charge is 0.308 e. The summed E-state index contributed by atoms with van der Waals surface area (Å²) in [5, 5.41) is 5.52. The maximum Gasteiger partial charge on any atom is 0.323 e. The summed E-state index contributed by atoms with van der Waals surface area (Å²) in [7, 11) is 0. The number of nitrogens with one attached hydrogen (secondary N) is 2. The Morgan fingerprint density at radius 2 is 1.95 bits per heavy atom. The predicted octanol–water partition coefficient (Wildman–Crippen LogP) is 4.43. The van der Waals surface area contributed by atoms with E-state index in [1.165, 1.54) is 12.1 Å². The zero-order chi connectivity index (χ0) is 13.8. The summed E-state index contributed by atoms with van der Waals surface area (Å²) < 4.78 is 13.6. The van der Waals surface area contributed by atoms with E-state index in [0.29, 0.717) is 10.7 Å². The van der Waals surface area contributed by atoms with E-state index in [2.05, 4.69) is 10.6 Å². The second-order valence-electron chi connectivity index (χ2n) is 4.07. The van der Waals surface area contributed by atoms with Gasteiger partial charge in [-0.25, -0.2) is 9.18 Å². The molecule has 5 heteroatoms. The van der Waals surface area contributed by atoms with Crippen LogP contribution in [-0.4, -0.2) is 6.03 Å². The zero-order valence-corrected chi connectivity index (χ0v) is 11.0. The minimum Gasteiger partial charge on any atom is -0.308 e. The molecule has 98 valence electrons. The summed E-state index contributed by atoms with van der Waals surface area (Å²) >= 11 is 5.80. The van der Waals surface area contributed by atoms with Crippen molar-refractivity contribution in [1.82, 2.24) is 0 Å². The third kappa shape index (κ3) is 3.69. The number of carbonyl (C=O) groups is 1. The van der Waals surface area contributed by atoms with Gasteiger partial charge >= 0.3 is 6.03 Å². The van der Waals surface area contributed by atoms with Crippen molar-refractivity contribution < 1.29 is 9.18 Å². The molecular formula is C14H12ClFN2O. The average molecular weight is 279 g/mol. The van der Waals surface area contributed by atoms with E-state index in [1.807, 2.05) is 0 Å². The highest BCUT2D eigenvalue weighted by molar-refractivity contribution is 6.30. The van der Waals surface area contributed by atoms with Gasteiger partial charge in [0.25, 0.3) is 0 Å². The fourth-order valence-electron chi connectivity index (χ4n) is 1.57. The topological polar surface area (TPSA) is 41.1 Å². The Labute approximate surface area is 115 Å². The molecular weight excluding hydrogens is 267 g/mol.